The maximum Gasteiger partial charge on any atom is 0.254 e. The van der Waals surface area contributed by atoms with Gasteiger partial charge in [0.25, 0.3) is 5.91 Å². The molecule has 0 radical (unpaired) electrons. The average molecular weight is 258 g/mol. The fourth-order valence-electron chi connectivity index (χ4n) is 1.84. The zero-order chi connectivity index (χ0) is 12.4. The number of hydrogen-bond donors (Lipinski definition) is 1. The standard InChI is InChI=1S/C12H13ClFNO2/c1-7-11(4-5-17-7)15-12(16)9-6-8(13)2-3-10(9)14/h2-3,6-7,11H,4-5H2,1H3,(H,15,16). The van der Waals surface area contributed by atoms with Crippen LogP contribution in [0.4, 0.5) is 4.39 Å². The number of nitrogens with one attached hydrogen (secondary N) is 1. The highest BCUT2D eigenvalue weighted by atomic mass is 35.5. The van der Waals surface area contributed by atoms with E-state index in [0.717, 1.165) is 6.42 Å². The van der Waals surface area contributed by atoms with Crippen molar-refractivity contribution >= 4 is 17.5 Å². The minimum Gasteiger partial charge on any atom is -0.376 e. The molecule has 1 amide bonds. The van der Waals surface area contributed by atoms with Crippen LogP contribution < -0.4 is 5.32 Å². The second-order valence-electron chi connectivity index (χ2n) is 4.07. The van der Waals surface area contributed by atoms with E-state index in [-0.39, 0.29) is 17.7 Å². The van der Waals surface area contributed by atoms with Crippen LogP contribution in [-0.4, -0.2) is 24.7 Å². The van der Waals surface area contributed by atoms with Crippen molar-refractivity contribution in [2.24, 2.45) is 0 Å². The molecule has 1 aliphatic heterocycles. The predicted molar refractivity (Wildman–Crippen MR) is 62.7 cm³/mol. The van der Waals surface area contributed by atoms with E-state index in [1.807, 2.05) is 6.92 Å². The predicted octanol–water partition coefficient (Wildman–Crippen LogP) is 2.39. The van der Waals surface area contributed by atoms with Crippen LogP contribution in [0.5, 0.6) is 0 Å². The van der Waals surface area contributed by atoms with Gasteiger partial charge in [0.15, 0.2) is 0 Å². The molecule has 0 saturated carbocycles. The zero-order valence-corrected chi connectivity index (χ0v) is 10.1. The molecule has 2 atom stereocenters. The Balaban J connectivity index is 2.11. The van der Waals surface area contributed by atoms with Gasteiger partial charge in [0.2, 0.25) is 0 Å². The van der Waals surface area contributed by atoms with Crippen molar-refractivity contribution in [1.82, 2.24) is 5.32 Å². The molecule has 0 aromatic heterocycles. The first-order valence-electron chi connectivity index (χ1n) is 5.45. The van der Waals surface area contributed by atoms with Crippen molar-refractivity contribution in [2.45, 2.75) is 25.5 Å². The molecule has 1 fully saturated rings. The summed E-state index contributed by atoms with van der Waals surface area (Å²) >= 11 is 5.73. The second-order valence-corrected chi connectivity index (χ2v) is 4.51. The number of halogens is 2. The van der Waals surface area contributed by atoms with Gasteiger partial charge in [-0.05, 0) is 31.5 Å². The summed E-state index contributed by atoms with van der Waals surface area (Å²) in [6.45, 7) is 2.50. The summed E-state index contributed by atoms with van der Waals surface area (Å²) in [7, 11) is 0. The molecule has 0 spiro atoms. The van der Waals surface area contributed by atoms with Crippen LogP contribution in [0, 0.1) is 5.82 Å². The Labute approximate surface area is 104 Å². The van der Waals surface area contributed by atoms with Crippen LogP contribution in [0.3, 0.4) is 0 Å². The normalized spacial score (nSPS) is 23.7. The van der Waals surface area contributed by atoms with Crippen LogP contribution in [0.25, 0.3) is 0 Å². The number of carbonyl (C=O) groups is 1. The van der Waals surface area contributed by atoms with E-state index < -0.39 is 11.7 Å². The van der Waals surface area contributed by atoms with Gasteiger partial charge < -0.3 is 10.1 Å². The van der Waals surface area contributed by atoms with Crippen molar-refractivity contribution in [3.05, 3.63) is 34.6 Å². The number of hydrogen-bond acceptors (Lipinski definition) is 2. The Morgan fingerprint density at radius 3 is 3.00 bits per heavy atom. The van der Waals surface area contributed by atoms with Crippen LogP contribution >= 0.6 is 11.6 Å². The monoisotopic (exact) mass is 257 g/mol. The first kappa shape index (κ1) is 12.3. The van der Waals surface area contributed by atoms with E-state index in [9.17, 15) is 9.18 Å². The lowest BCUT2D eigenvalue weighted by Crippen LogP contribution is -2.39. The van der Waals surface area contributed by atoms with Gasteiger partial charge in [0.05, 0.1) is 17.7 Å². The van der Waals surface area contributed by atoms with Crippen molar-refractivity contribution in [3.63, 3.8) is 0 Å². The second kappa shape index (κ2) is 5.02. The SMILES string of the molecule is CC1OCCC1NC(=O)c1cc(Cl)ccc1F. The summed E-state index contributed by atoms with van der Waals surface area (Å²) < 4.78 is 18.8. The highest BCUT2D eigenvalue weighted by molar-refractivity contribution is 6.31. The first-order chi connectivity index (χ1) is 8.08. The molecular weight excluding hydrogens is 245 g/mol. The van der Waals surface area contributed by atoms with E-state index >= 15 is 0 Å². The first-order valence-corrected chi connectivity index (χ1v) is 5.83. The Kier molecular flexibility index (Phi) is 3.64. The highest BCUT2D eigenvalue weighted by Gasteiger charge is 2.26. The Hall–Kier alpha value is -1.13. The Morgan fingerprint density at radius 2 is 2.35 bits per heavy atom. The van der Waals surface area contributed by atoms with E-state index in [2.05, 4.69) is 5.32 Å². The van der Waals surface area contributed by atoms with Crippen molar-refractivity contribution in [3.8, 4) is 0 Å². The molecule has 0 aliphatic carbocycles. The van der Waals surface area contributed by atoms with Crippen LogP contribution in [0.1, 0.15) is 23.7 Å². The lowest BCUT2D eigenvalue weighted by Gasteiger charge is -2.16. The molecule has 1 heterocycles. The Bertz CT molecular complexity index is 439. The fraction of sp³-hybridized carbons (Fsp3) is 0.417. The lowest BCUT2D eigenvalue weighted by molar-refractivity contribution is 0.0862. The molecule has 1 N–H and O–H groups in total. The third kappa shape index (κ3) is 2.76. The molecule has 1 aliphatic rings. The molecular formula is C12H13ClFNO2. The number of amides is 1. The minimum atomic E-state index is -0.571. The van der Waals surface area contributed by atoms with E-state index in [4.69, 9.17) is 16.3 Å². The van der Waals surface area contributed by atoms with E-state index in [1.165, 1.54) is 18.2 Å². The lowest BCUT2D eigenvalue weighted by atomic mass is 10.1. The van der Waals surface area contributed by atoms with Crippen LogP contribution in [-0.2, 0) is 4.74 Å². The van der Waals surface area contributed by atoms with Crippen molar-refractivity contribution in [1.29, 1.82) is 0 Å². The van der Waals surface area contributed by atoms with Gasteiger partial charge in [-0.3, -0.25) is 4.79 Å². The topological polar surface area (TPSA) is 38.3 Å². The molecule has 92 valence electrons. The Morgan fingerprint density at radius 1 is 1.59 bits per heavy atom. The fourth-order valence-corrected chi connectivity index (χ4v) is 2.01. The van der Waals surface area contributed by atoms with Gasteiger partial charge in [0.1, 0.15) is 5.82 Å². The minimum absolute atomic E-state index is 0.0309. The van der Waals surface area contributed by atoms with Gasteiger partial charge in [0, 0.05) is 11.6 Å². The quantitative estimate of drug-likeness (QED) is 0.884. The molecule has 2 unspecified atom stereocenters. The molecule has 17 heavy (non-hydrogen) atoms. The molecule has 2 rings (SSSR count). The molecule has 1 saturated heterocycles. The number of carbonyl (C=O) groups excluding carboxylic acids is 1. The maximum atomic E-state index is 13.4. The summed E-state index contributed by atoms with van der Waals surface area (Å²) in [6.07, 6.45) is 0.705. The number of benzene rings is 1. The summed E-state index contributed by atoms with van der Waals surface area (Å²) in [5.74, 6) is -1.02. The molecule has 1 aromatic rings. The molecule has 1 aromatic carbocycles. The highest BCUT2D eigenvalue weighted by Crippen LogP contribution is 2.17. The number of rotatable bonds is 2. The number of ether oxygens (including phenoxy) is 1. The van der Waals surface area contributed by atoms with Crippen LogP contribution in [0.2, 0.25) is 5.02 Å². The smallest absolute Gasteiger partial charge is 0.254 e. The summed E-state index contributed by atoms with van der Waals surface area (Å²) in [5.41, 5.74) is -0.0309. The van der Waals surface area contributed by atoms with Gasteiger partial charge in [-0.1, -0.05) is 11.6 Å². The van der Waals surface area contributed by atoms with Crippen molar-refractivity contribution < 1.29 is 13.9 Å². The van der Waals surface area contributed by atoms with Gasteiger partial charge in [-0.2, -0.15) is 0 Å². The average Bonchev–Trinajstić information content (AvgIpc) is 2.68. The summed E-state index contributed by atoms with van der Waals surface area (Å²) in [4.78, 5) is 11.9. The van der Waals surface area contributed by atoms with Crippen LogP contribution in [0.15, 0.2) is 18.2 Å². The van der Waals surface area contributed by atoms with Gasteiger partial charge >= 0.3 is 0 Å². The third-order valence-electron chi connectivity index (χ3n) is 2.87. The molecule has 0 bridgehead atoms. The largest absolute Gasteiger partial charge is 0.376 e. The van der Waals surface area contributed by atoms with E-state index in [0.29, 0.717) is 11.6 Å². The van der Waals surface area contributed by atoms with E-state index in [1.54, 1.807) is 0 Å². The molecule has 3 nitrogen and oxygen atoms in total. The van der Waals surface area contributed by atoms with Crippen molar-refractivity contribution in [2.75, 3.05) is 6.61 Å². The third-order valence-corrected chi connectivity index (χ3v) is 3.10. The maximum absolute atomic E-state index is 13.4. The van der Waals surface area contributed by atoms with Gasteiger partial charge in [-0.25, -0.2) is 4.39 Å². The zero-order valence-electron chi connectivity index (χ0n) is 9.37. The molecule has 5 heteroatoms. The summed E-state index contributed by atoms with van der Waals surface area (Å²) in [6, 6.07) is 3.86. The summed E-state index contributed by atoms with van der Waals surface area (Å²) in [5, 5.41) is 3.09. The van der Waals surface area contributed by atoms with Gasteiger partial charge in [-0.15, -0.1) is 0 Å².